The van der Waals surface area contributed by atoms with Crippen LogP contribution in [-0.4, -0.2) is 23.5 Å². The predicted octanol–water partition coefficient (Wildman–Crippen LogP) is 1.82. The van der Waals surface area contributed by atoms with Crippen LogP contribution in [0.5, 0.6) is 0 Å². The maximum atomic E-state index is 11.8. The van der Waals surface area contributed by atoms with Gasteiger partial charge < -0.3 is 10.6 Å². The van der Waals surface area contributed by atoms with Gasteiger partial charge in [0.1, 0.15) is 0 Å². The van der Waals surface area contributed by atoms with Crippen molar-refractivity contribution in [2.45, 2.75) is 71.0 Å². The van der Waals surface area contributed by atoms with Crippen LogP contribution in [0.2, 0.25) is 0 Å². The van der Waals surface area contributed by atoms with Crippen molar-refractivity contribution in [3.8, 4) is 0 Å². The average molecular weight is 212 g/mol. The predicted molar refractivity (Wildman–Crippen MR) is 62.7 cm³/mol. The first-order valence-electron chi connectivity index (χ1n) is 5.96. The molecule has 0 bridgehead atoms. The number of amides is 1. The summed E-state index contributed by atoms with van der Waals surface area (Å²) >= 11 is 0. The molecular weight excluding hydrogens is 188 g/mol. The van der Waals surface area contributed by atoms with Crippen molar-refractivity contribution in [2.75, 3.05) is 0 Å². The van der Waals surface area contributed by atoms with E-state index in [0.717, 1.165) is 0 Å². The molecule has 0 aromatic heterocycles. The van der Waals surface area contributed by atoms with Gasteiger partial charge in [-0.05, 0) is 40.5 Å². The smallest absolute Gasteiger partial charge is 0.237 e. The van der Waals surface area contributed by atoms with Gasteiger partial charge in [-0.15, -0.1) is 0 Å². The fourth-order valence-corrected chi connectivity index (χ4v) is 2.00. The van der Waals surface area contributed by atoms with Crippen LogP contribution in [0.1, 0.15) is 53.4 Å². The van der Waals surface area contributed by atoms with E-state index in [2.05, 4.69) is 10.6 Å². The summed E-state index contributed by atoms with van der Waals surface area (Å²) in [5.41, 5.74) is -0.136. The average Bonchev–Trinajstić information content (AvgIpc) is 2.53. The molecule has 3 nitrogen and oxygen atoms in total. The summed E-state index contributed by atoms with van der Waals surface area (Å²) in [5, 5.41) is 6.38. The highest BCUT2D eigenvalue weighted by molar-refractivity contribution is 5.81. The Morgan fingerprint density at radius 3 is 2.27 bits per heavy atom. The van der Waals surface area contributed by atoms with Crippen LogP contribution in [0.25, 0.3) is 0 Å². The minimum atomic E-state index is -0.136. The Kier molecular flexibility index (Phi) is 4.14. The highest BCUT2D eigenvalue weighted by Gasteiger charge is 2.23. The number of hydrogen-bond donors (Lipinski definition) is 2. The molecule has 2 N–H and O–H groups in total. The molecule has 0 spiro atoms. The third kappa shape index (κ3) is 4.65. The fourth-order valence-electron chi connectivity index (χ4n) is 2.00. The van der Waals surface area contributed by atoms with Crippen LogP contribution in [0.4, 0.5) is 0 Å². The van der Waals surface area contributed by atoms with Crippen LogP contribution in [0.3, 0.4) is 0 Å². The quantitative estimate of drug-likeness (QED) is 0.749. The summed E-state index contributed by atoms with van der Waals surface area (Å²) in [5.74, 6) is 0.106. The largest absolute Gasteiger partial charge is 0.350 e. The van der Waals surface area contributed by atoms with E-state index < -0.39 is 0 Å². The van der Waals surface area contributed by atoms with E-state index in [0.29, 0.717) is 6.04 Å². The Balaban J connectivity index is 2.32. The van der Waals surface area contributed by atoms with E-state index in [1.807, 2.05) is 27.7 Å². The number of hydrogen-bond acceptors (Lipinski definition) is 2. The Labute approximate surface area is 93.0 Å². The molecule has 0 saturated heterocycles. The molecule has 0 radical (unpaired) electrons. The molecule has 1 amide bonds. The van der Waals surface area contributed by atoms with E-state index in [-0.39, 0.29) is 17.5 Å². The molecule has 15 heavy (non-hydrogen) atoms. The Hall–Kier alpha value is -0.570. The first-order valence-corrected chi connectivity index (χ1v) is 5.96. The Morgan fingerprint density at radius 1 is 1.27 bits per heavy atom. The number of nitrogens with one attached hydrogen (secondary N) is 2. The standard InChI is InChI=1S/C12H24N2O/c1-9(11(15)14-12(2,3)4)13-10-7-5-6-8-10/h9-10,13H,5-8H2,1-4H3,(H,14,15). The molecule has 0 aromatic rings. The molecule has 0 aliphatic heterocycles. The van der Waals surface area contributed by atoms with Crippen molar-refractivity contribution >= 4 is 5.91 Å². The number of carbonyl (C=O) groups excluding carboxylic acids is 1. The summed E-state index contributed by atoms with van der Waals surface area (Å²) in [6, 6.07) is 0.470. The Bertz CT molecular complexity index is 214. The molecule has 1 aliphatic rings. The van der Waals surface area contributed by atoms with Gasteiger partial charge in [0.25, 0.3) is 0 Å². The monoisotopic (exact) mass is 212 g/mol. The van der Waals surface area contributed by atoms with Crippen molar-refractivity contribution in [3.05, 3.63) is 0 Å². The lowest BCUT2D eigenvalue weighted by molar-refractivity contribution is -0.124. The van der Waals surface area contributed by atoms with E-state index in [9.17, 15) is 4.79 Å². The van der Waals surface area contributed by atoms with Gasteiger partial charge in [-0.25, -0.2) is 0 Å². The first-order chi connectivity index (χ1) is 6.88. The van der Waals surface area contributed by atoms with Crippen molar-refractivity contribution in [3.63, 3.8) is 0 Å². The first kappa shape index (κ1) is 12.5. The van der Waals surface area contributed by atoms with Crippen LogP contribution in [0, 0.1) is 0 Å². The molecule has 1 aliphatic carbocycles. The van der Waals surface area contributed by atoms with Crippen LogP contribution in [-0.2, 0) is 4.79 Å². The highest BCUT2D eigenvalue weighted by atomic mass is 16.2. The molecule has 1 atom stereocenters. The molecule has 1 rings (SSSR count). The summed E-state index contributed by atoms with van der Waals surface area (Å²) in [4.78, 5) is 11.8. The third-order valence-electron chi connectivity index (χ3n) is 2.73. The Morgan fingerprint density at radius 2 is 1.80 bits per heavy atom. The molecule has 1 unspecified atom stereocenters. The van der Waals surface area contributed by atoms with Gasteiger partial charge in [-0.1, -0.05) is 12.8 Å². The van der Waals surface area contributed by atoms with Gasteiger partial charge in [-0.3, -0.25) is 4.79 Å². The van der Waals surface area contributed by atoms with Gasteiger partial charge in [0.15, 0.2) is 0 Å². The fraction of sp³-hybridized carbons (Fsp3) is 0.917. The summed E-state index contributed by atoms with van der Waals surface area (Å²) < 4.78 is 0. The normalized spacial score (nSPS) is 20.3. The summed E-state index contributed by atoms with van der Waals surface area (Å²) in [6.07, 6.45) is 5.02. The SMILES string of the molecule is CC(NC1CCCC1)C(=O)NC(C)(C)C. The molecule has 3 heteroatoms. The van der Waals surface area contributed by atoms with Gasteiger partial charge in [0.05, 0.1) is 6.04 Å². The molecule has 0 aromatic carbocycles. The van der Waals surface area contributed by atoms with Crippen molar-refractivity contribution in [2.24, 2.45) is 0 Å². The zero-order chi connectivity index (χ0) is 11.5. The van der Waals surface area contributed by atoms with E-state index in [4.69, 9.17) is 0 Å². The van der Waals surface area contributed by atoms with Crippen molar-refractivity contribution in [1.29, 1.82) is 0 Å². The maximum Gasteiger partial charge on any atom is 0.237 e. The minimum Gasteiger partial charge on any atom is -0.350 e. The number of rotatable bonds is 3. The van der Waals surface area contributed by atoms with Gasteiger partial charge in [-0.2, -0.15) is 0 Å². The van der Waals surface area contributed by atoms with E-state index in [1.165, 1.54) is 25.7 Å². The highest BCUT2D eigenvalue weighted by Crippen LogP contribution is 2.18. The van der Waals surface area contributed by atoms with Crippen molar-refractivity contribution < 1.29 is 4.79 Å². The minimum absolute atomic E-state index is 0.0766. The van der Waals surface area contributed by atoms with Gasteiger partial charge in [0.2, 0.25) is 5.91 Å². The van der Waals surface area contributed by atoms with E-state index >= 15 is 0 Å². The molecule has 0 heterocycles. The van der Waals surface area contributed by atoms with Gasteiger partial charge >= 0.3 is 0 Å². The molecular formula is C12H24N2O. The molecule has 1 saturated carbocycles. The zero-order valence-electron chi connectivity index (χ0n) is 10.4. The van der Waals surface area contributed by atoms with Crippen LogP contribution >= 0.6 is 0 Å². The van der Waals surface area contributed by atoms with Crippen molar-refractivity contribution in [1.82, 2.24) is 10.6 Å². The molecule has 88 valence electrons. The number of carbonyl (C=O) groups is 1. The maximum absolute atomic E-state index is 11.8. The van der Waals surface area contributed by atoms with Crippen LogP contribution < -0.4 is 10.6 Å². The second-order valence-corrected chi connectivity index (χ2v) is 5.61. The second-order valence-electron chi connectivity index (χ2n) is 5.61. The molecule has 1 fully saturated rings. The topological polar surface area (TPSA) is 41.1 Å². The lowest BCUT2D eigenvalue weighted by Crippen LogP contribution is -2.51. The van der Waals surface area contributed by atoms with Crippen LogP contribution in [0.15, 0.2) is 0 Å². The third-order valence-corrected chi connectivity index (χ3v) is 2.73. The van der Waals surface area contributed by atoms with Gasteiger partial charge in [0, 0.05) is 11.6 Å². The summed E-state index contributed by atoms with van der Waals surface area (Å²) in [7, 11) is 0. The van der Waals surface area contributed by atoms with E-state index in [1.54, 1.807) is 0 Å². The lowest BCUT2D eigenvalue weighted by atomic mass is 10.1. The lowest BCUT2D eigenvalue weighted by Gasteiger charge is -2.25. The zero-order valence-corrected chi connectivity index (χ0v) is 10.4. The second kappa shape index (κ2) is 4.97. The summed E-state index contributed by atoms with van der Waals surface area (Å²) in [6.45, 7) is 7.97.